The van der Waals surface area contributed by atoms with E-state index in [0.717, 1.165) is 18.4 Å². The topological polar surface area (TPSA) is 75.8 Å². The van der Waals surface area contributed by atoms with Crippen molar-refractivity contribution >= 4 is 5.91 Å². The van der Waals surface area contributed by atoms with Gasteiger partial charge >= 0.3 is 0 Å². The third-order valence-corrected chi connectivity index (χ3v) is 5.95. The average molecular weight is 356 g/mol. The summed E-state index contributed by atoms with van der Waals surface area (Å²) < 4.78 is 11.2. The van der Waals surface area contributed by atoms with E-state index < -0.39 is 6.10 Å². The highest BCUT2D eigenvalue weighted by Gasteiger charge is 2.53. The zero-order valence-electron chi connectivity index (χ0n) is 15.1. The lowest BCUT2D eigenvalue weighted by atomic mass is 9.79. The van der Waals surface area contributed by atoms with E-state index in [1.165, 1.54) is 0 Å². The lowest BCUT2D eigenvalue weighted by molar-refractivity contribution is -0.0824. The fourth-order valence-electron chi connectivity index (χ4n) is 4.48. The van der Waals surface area contributed by atoms with Gasteiger partial charge in [0.25, 0.3) is 5.91 Å². The average Bonchev–Trinajstić information content (AvgIpc) is 3.23. The Morgan fingerprint density at radius 1 is 1.35 bits per heavy atom. The number of aryl methyl sites for hydroxylation is 1. The molecule has 2 aromatic rings. The normalized spacial score (nSPS) is 28.2. The minimum absolute atomic E-state index is 0.0966. The van der Waals surface area contributed by atoms with Crippen LogP contribution < -0.4 is 0 Å². The van der Waals surface area contributed by atoms with Crippen LogP contribution in [0.4, 0.5) is 0 Å². The molecule has 1 saturated carbocycles. The monoisotopic (exact) mass is 356 g/mol. The second kappa shape index (κ2) is 6.52. The molecule has 1 aliphatic heterocycles. The van der Waals surface area contributed by atoms with Crippen molar-refractivity contribution < 1.29 is 19.2 Å². The van der Waals surface area contributed by atoms with Gasteiger partial charge < -0.3 is 19.3 Å². The molecule has 0 spiro atoms. The highest BCUT2D eigenvalue weighted by molar-refractivity contribution is 6.01. The van der Waals surface area contributed by atoms with E-state index in [1.807, 2.05) is 35.2 Å². The molecule has 1 N–H and O–H groups in total. The Kier molecular flexibility index (Phi) is 4.32. The van der Waals surface area contributed by atoms with Crippen LogP contribution in [0.15, 0.2) is 34.9 Å². The maximum absolute atomic E-state index is 13.4. The zero-order valence-corrected chi connectivity index (χ0v) is 15.1. The number of benzene rings is 1. The van der Waals surface area contributed by atoms with E-state index in [1.54, 1.807) is 14.0 Å². The molecule has 1 aromatic heterocycles. The number of hydrogen-bond donors (Lipinski definition) is 1. The molecule has 26 heavy (non-hydrogen) atoms. The Morgan fingerprint density at radius 3 is 2.85 bits per heavy atom. The summed E-state index contributed by atoms with van der Waals surface area (Å²) in [7, 11) is 1.71. The molecule has 0 radical (unpaired) electrons. The number of hydrogen-bond acceptors (Lipinski definition) is 5. The molecule has 2 aliphatic rings. The number of carbonyl (C=O) groups excluding carboxylic acids is 1. The van der Waals surface area contributed by atoms with Crippen LogP contribution in [0.3, 0.4) is 0 Å². The summed E-state index contributed by atoms with van der Waals surface area (Å²) in [6.07, 6.45) is 2.43. The van der Waals surface area contributed by atoms with E-state index in [4.69, 9.17) is 9.26 Å². The minimum atomic E-state index is -0.395. The number of fused-ring (bicyclic) bond motifs is 1. The molecule has 6 nitrogen and oxygen atoms in total. The summed E-state index contributed by atoms with van der Waals surface area (Å²) in [5.41, 5.74) is 1.57. The predicted molar refractivity (Wildman–Crippen MR) is 95.7 cm³/mol. The van der Waals surface area contributed by atoms with Gasteiger partial charge in [0.1, 0.15) is 17.0 Å². The number of amides is 1. The molecule has 138 valence electrons. The van der Waals surface area contributed by atoms with Crippen molar-refractivity contribution in [2.45, 2.75) is 50.4 Å². The van der Waals surface area contributed by atoms with Gasteiger partial charge in [-0.2, -0.15) is 0 Å². The number of ether oxygens (including phenoxy) is 1. The van der Waals surface area contributed by atoms with E-state index in [9.17, 15) is 9.90 Å². The Labute approximate surface area is 152 Å². The summed E-state index contributed by atoms with van der Waals surface area (Å²) in [6.45, 7) is 2.38. The van der Waals surface area contributed by atoms with Crippen LogP contribution in [-0.4, -0.2) is 52.5 Å². The van der Waals surface area contributed by atoms with Gasteiger partial charge in [-0.25, -0.2) is 0 Å². The number of aliphatic hydroxyl groups is 1. The first-order valence-corrected chi connectivity index (χ1v) is 9.11. The molecule has 1 amide bonds. The molecule has 0 unspecified atom stereocenters. The van der Waals surface area contributed by atoms with Crippen LogP contribution in [0.25, 0.3) is 11.3 Å². The summed E-state index contributed by atoms with van der Waals surface area (Å²) in [4.78, 5) is 15.3. The molecule has 1 aromatic carbocycles. The highest BCUT2D eigenvalue weighted by atomic mass is 16.5. The molecule has 6 heteroatoms. The number of nitrogens with zero attached hydrogens (tertiary/aromatic N) is 2. The summed E-state index contributed by atoms with van der Waals surface area (Å²) in [5.74, 6) is 0.417. The van der Waals surface area contributed by atoms with Gasteiger partial charge in [0.05, 0.1) is 17.7 Å². The Balaban J connectivity index is 1.70. The van der Waals surface area contributed by atoms with Gasteiger partial charge in [0, 0.05) is 19.2 Å². The van der Waals surface area contributed by atoms with Gasteiger partial charge in [-0.05, 0) is 32.6 Å². The van der Waals surface area contributed by atoms with Crippen molar-refractivity contribution in [1.29, 1.82) is 0 Å². The van der Waals surface area contributed by atoms with Gasteiger partial charge in [-0.15, -0.1) is 0 Å². The van der Waals surface area contributed by atoms with Crippen molar-refractivity contribution in [3.8, 4) is 11.3 Å². The Morgan fingerprint density at radius 2 is 2.12 bits per heavy atom. The quantitative estimate of drug-likeness (QED) is 0.915. The molecule has 3 atom stereocenters. The van der Waals surface area contributed by atoms with E-state index in [0.29, 0.717) is 36.4 Å². The van der Waals surface area contributed by atoms with Crippen molar-refractivity contribution in [2.75, 3.05) is 13.7 Å². The van der Waals surface area contributed by atoms with Crippen molar-refractivity contribution in [3.05, 3.63) is 41.7 Å². The lowest BCUT2D eigenvalue weighted by Crippen LogP contribution is -2.52. The number of carbonyl (C=O) groups is 1. The fourth-order valence-corrected chi connectivity index (χ4v) is 4.48. The van der Waals surface area contributed by atoms with E-state index >= 15 is 0 Å². The maximum atomic E-state index is 13.4. The third kappa shape index (κ3) is 2.64. The van der Waals surface area contributed by atoms with Gasteiger partial charge in [-0.1, -0.05) is 35.5 Å². The zero-order chi connectivity index (χ0) is 18.3. The van der Waals surface area contributed by atoms with Gasteiger partial charge in [0.15, 0.2) is 0 Å². The maximum Gasteiger partial charge on any atom is 0.260 e. The van der Waals surface area contributed by atoms with Crippen LogP contribution in [-0.2, 0) is 4.74 Å². The van der Waals surface area contributed by atoms with E-state index in [-0.39, 0.29) is 17.6 Å². The van der Waals surface area contributed by atoms with E-state index in [2.05, 4.69) is 5.16 Å². The molecular weight excluding hydrogens is 332 g/mol. The molecule has 2 heterocycles. The van der Waals surface area contributed by atoms with Crippen LogP contribution in [0.5, 0.6) is 0 Å². The molecule has 2 fully saturated rings. The Bertz CT molecular complexity index is 803. The summed E-state index contributed by atoms with van der Waals surface area (Å²) in [5, 5.41) is 14.3. The smallest absolute Gasteiger partial charge is 0.260 e. The van der Waals surface area contributed by atoms with Gasteiger partial charge in [0.2, 0.25) is 0 Å². The van der Waals surface area contributed by atoms with Crippen LogP contribution in [0.2, 0.25) is 0 Å². The lowest BCUT2D eigenvalue weighted by Gasteiger charge is -2.42. The molecule has 0 bridgehead atoms. The molecule has 4 rings (SSSR count). The first-order valence-electron chi connectivity index (χ1n) is 9.11. The third-order valence-electron chi connectivity index (χ3n) is 5.95. The predicted octanol–water partition coefficient (Wildman–Crippen LogP) is 2.79. The molecule has 1 aliphatic carbocycles. The number of aromatic nitrogens is 1. The van der Waals surface area contributed by atoms with Crippen molar-refractivity contribution in [3.63, 3.8) is 0 Å². The fraction of sp³-hybridized carbons (Fsp3) is 0.500. The second-order valence-electron chi connectivity index (χ2n) is 7.29. The number of rotatable bonds is 3. The largest absolute Gasteiger partial charge is 0.393 e. The highest BCUT2D eigenvalue weighted by Crippen LogP contribution is 2.43. The van der Waals surface area contributed by atoms with Crippen LogP contribution in [0, 0.1) is 6.92 Å². The second-order valence-corrected chi connectivity index (χ2v) is 7.29. The van der Waals surface area contributed by atoms with Crippen LogP contribution >= 0.6 is 0 Å². The number of likely N-dealkylation sites (tertiary alicyclic amines) is 1. The first-order chi connectivity index (χ1) is 12.6. The van der Waals surface area contributed by atoms with Crippen molar-refractivity contribution in [2.24, 2.45) is 0 Å². The van der Waals surface area contributed by atoms with Crippen LogP contribution in [0.1, 0.15) is 41.8 Å². The number of methoxy groups -OCH3 is 1. The molecular formula is C20H24N2O4. The standard InChI is InChI=1S/C20H24N2O4/c1-13-17(18(21-26-13)14-6-4-3-5-7-14)19(24)22-11-10-20(25-2)9-8-15(23)12-16(20)22/h3-7,15-16,23H,8-12H2,1-2H3/t15-,16-,20+/m0/s1. The number of aliphatic hydroxyl groups excluding tert-OH is 1. The summed E-state index contributed by atoms with van der Waals surface area (Å²) >= 11 is 0. The molecule has 1 saturated heterocycles. The SMILES string of the molecule is CO[C@@]12CC[C@H](O)C[C@@H]1N(C(=O)c1c(-c3ccccc3)noc1C)CC2. The van der Waals surface area contributed by atoms with Crippen molar-refractivity contribution in [1.82, 2.24) is 10.1 Å². The minimum Gasteiger partial charge on any atom is -0.393 e. The Hall–Kier alpha value is -2.18. The summed E-state index contributed by atoms with van der Waals surface area (Å²) in [6, 6.07) is 9.47. The van der Waals surface area contributed by atoms with Gasteiger partial charge in [-0.3, -0.25) is 4.79 Å². The first kappa shape index (κ1) is 17.2.